The van der Waals surface area contributed by atoms with Crippen molar-refractivity contribution in [1.82, 2.24) is 9.80 Å². The van der Waals surface area contributed by atoms with Gasteiger partial charge in [-0.1, -0.05) is 18.2 Å². The predicted octanol–water partition coefficient (Wildman–Crippen LogP) is 1.99. The maximum absolute atomic E-state index is 12.3. The Morgan fingerprint density at radius 2 is 2.04 bits per heavy atom. The SMILES string of the molecule is CCOc1ccccc1C1SCC(=O)N1CCN1CCOCC1. The first-order chi connectivity index (χ1) is 11.3. The van der Waals surface area contributed by atoms with Crippen LogP contribution in [0.15, 0.2) is 24.3 Å². The minimum absolute atomic E-state index is 0.0614. The molecule has 2 saturated heterocycles. The number of nitrogens with zero attached hydrogens (tertiary/aromatic N) is 2. The molecule has 0 saturated carbocycles. The van der Waals surface area contributed by atoms with Crippen molar-refractivity contribution < 1.29 is 14.3 Å². The van der Waals surface area contributed by atoms with Crippen LogP contribution < -0.4 is 4.74 Å². The van der Waals surface area contributed by atoms with Crippen LogP contribution in [-0.4, -0.2) is 67.5 Å². The van der Waals surface area contributed by atoms with Gasteiger partial charge in [0.15, 0.2) is 0 Å². The standard InChI is InChI=1S/C17H24N2O3S/c1-2-22-15-6-4-3-5-14(15)17-19(16(20)13-23-17)8-7-18-9-11-21-12-10-18/h3-6,17H,2,7-13H2,1H3. The number of hydrogen-bond donors (Lipinski definition) is 0. The van der Waals surface area contributed by atoms with Crippen LogP contribution in [0.2, 0.25) is 0 Å². The van der Waals surface area contributed by atoms with Crippen molar-refractivity contribution >= 4 is 17.7 Å². The quantitative estimate of drug-likeness (QED) is 0.795. The zero-order valence-electron chi connectivity index (χ0n) is 13.6. The molecule has 0 aromatic heterocycles. The number of carbonyl (C=O) groups is 1. The number of ether oxygens (including phenoxy) is 2. The number of para-hydroxylation sites is 1. The second-order valence-corrected chi connectivity index (χ2v) is 6.74. The van der Waals surface area contributed by atoms with Crippen LogP contribution >= 0.6 is 11.8 Å². The summed E-state index contributed by atoms with van der Waals surface area (Å²) in [7, 11) is 0. The maximum Gasteiger partial charge on any atom is 0.233 e. The first-order valence-corrected chi connectivity index (χ1v) is 9.27. The summed E-state index contributed by atoms with van der Waals surface area (Å²) in [4.78, 5) is 16.7. The molecule has 2 heterocycles. The number of morpholine rings is 1. The molecule has 1 unspecified atom stereocenters. The second kappa shape index (κ2) is 8.04. The summed E-state index contributed by atoms with van der Waals surface area (Å²) in [6.45, 7) is 7.78. The molecule has 126 valence electrons. The van der Waals surface area contributed by atoms with E-state index in [2.05, 4.69) is 11.0 Å². The van der Waals surface area contributed by atoms with Crippen molar-refractivity contribution in [1.29, 1.82) is 0 Å². The smallest absolute Gasteiger partial charge is 0.233 e. The Bertz CT molecular complexity index is 534. The number of benzene rings is 1. The fourth-order valence-electron chi connectivity index (χ4n) is 3.00. The fourth-order valence-corrected chi connectivity index (χ4v) is 4.24. The zero-order chi connectivity index (χ0) is 16.1. The van der Waals surface area contributed by atoms with Crippen molar-refractivity contribution in [2.75, 3.05) is 51.8 Å². The van der Waals surface area contributed by atoms with Crippen LogP contribution in [0.4, 0.5) is 0 Å². The first kappa shape index (κ1) is 16.6. The predicted molar refractivity (Wildman–Crippen MR) is 91.8 cm³/mol. The van der Waals surface area contributed by atoms with Crippen molar-refractivity contribution in [3.05, 3.63) is 29.8 Å². The lowest BCUT2D eigenvalue weighted by molar-refractivity contribution is -0.128. The Balaban J connectivity index is 1.69. The summed E-state index contributed by atoms with van der Waals surface area (Å²) in [5, 5.41) is 0.0614. The first-order valence-electron chi connectivity index (χ1n) is 8.22. The fraction of sp³-hybridized carbons (Fsp3) is 0.588. The van der Waals surface area contributed by atoms with Crippen LogP contribution in [-0.2, 0) is 9.53 Å². The number of rotatable bonds is 6. The molecule has 1 amide bonds. The van der Waals surface area contributed by atoms with Crippen LogP contribution in [0, 0.1) is 0 Å². The van der Waals surface area contributed by atoms with Gasteiger partial charge in [0.1, 0.15) is 11.1 Å². The molecule has 1 aromatic rings. The van der Waals surface area contributed by atoms with Crippen molar-refractivity contribution in [3.63, 3.8) is 0 Å². The molecule has 0 bridgehead atoms. The van der Waals surface area contributed by atoms with E-state index >= 15 is 0 Å². The lowest BCUT2D eigenvalue weighted by Crippen LogP contribution is -2.42. The summed E-state index contributed by atoms with van der Waals surface area (Å²) in [6, 6.07) is 8.06. The van der Waals surface area contributed by atoms with Gasteiger partial charge in [0.2, 0.25) is 5.91 Å². The minimum Gasteiger partial charge on any atom is -0.493 e. The van der Waals surface area contributed by atoms with Crippen LogP contribution in [0.5, 0.6) is 5.75 Å². The highest BCUT2D eigenvalue weighted by atomic mass is 32.2. The molecule has 6 heteroatoms. The molecule has 2 fully saturated rings. The minimum atomic E-state index is 0.0614. The largest absolute Gasteiger partial charge is 0.493 e. The van der Waals surface area contributed by atoms with Gasteiger partial charge in [-0.25, -0.2) is 0 Å². The van der Waals surface area contributed by atoms with E-state index in [1.54, 1.807) is 11.8 Å². The lowest BCUT2D eigenvalue weighted by atomic mass is 10.2. The molecule has 2 aliphatic heterocycles. The number of amides is 1. The molecule has 5 nitrogen and oxygen atoms in total. The summed E-state index contributed by atoms with van der Waals surface area (Å²) in [5.74, 6) is 1.66. The van der Waals surface area contributed by atoms with Crippen molar-refractivity contribution in [3.8, 4) is 5.75 Å². The monoisotopic (exact) mass is 336 g/mol. The number of carbonyl (C=O) groups excluding carboxylic acids is 1. The van der Waals surface area contributed by atoms with E-state index in [1.165, 1.54) is 0 Å². The highest BCUT2D eigenvalue weighted by molar-refractivity contribution is 8.00. The van der Waals surface area contributed by atoms with Gasteiger partial charge in [-0.05, 0) is 13.0 Å². The normalized spacial score (nSPS) is 22.6. The molecule has 1 aromatic carbocycles. The molecular weight excluding hydrogens is 312 g/mol. The Morgan fingerprint density at radius 3 is 2.83 bits per heavy atom. The molecule has 0 radical (unpaired) electrons. The molecule has 1 atom stereocenters. The Kier molecular flexibility index (Phi) is 5.80. The van der Waals surface area contributed by atoms with E-state index in [0.29, 0.717) is 12.4 Å². The van der Waals surface area contributed by atoms with E-state index in [0.717, 1.165) is 50.7 Å². The molecule has 0 spiro atoms. The second-order valence-electron chi connectivity index (χ2n) is 5.68. The van der Waals surface area contributed by atoms with E-state index in [-0.39, 0.29) is 11.3 Å². The summed E-state index contributed by atoms with van der Waals surface area (Å²) in [6.07, 6.45) is 0. The average Bonchev–Trinajstić information content (AvgIpc) is 2.95. The molecule has 0 aliphatic carbocycles. The zero-order valence-corrected chi connectivity index (χ0v) is 14.4. The summed E-state index contributed by atoms with van der Waals surface area (Å²) < 4.78 is 11.1. The Morgan fingerprint density at radius 1 is 1.26 bits per heavy atom. The van der Waals surface area contributed by atoms with Gasteiger partial charge in [-0.3, -0.25) is 9.69 Å². The van der Waals surface area contributed by atoms with Gasteiger partial charge in [-0.15, -0.1) is 11.8 Å². The van der Waals surface area contributed by atoms with Crippen LogP contribution in [0.25, 0.3) is 0 Å². The lowest BCUT2D eigenvalue weighted by Gasteiger charge is -2.31. The number of thioether (sulfide) groups is 1. The molecule has 2 aliphatic rings. The van der Waals surface area contributed by atoms with Crippen LogP contribution in [0.3, 0.4) is 0 Å². The molecule has 0 N–H and O–H groups in total. The third kappa shape index (κ3) is 4.00. The third-order valence-electron chi connectivity index (χ3n) is 4.21. The Labute approximate surface area is 141 Å². The molecule has 23 heavy (non-hydrogen) atoms. The highest BCUT2D eigenvalue weighted by Crippen LogP contribution is 2.42. The van der Waals surface area contributed by atoms with E-state index in [1.807, 2.05) is 30.0 Å². The molecular formula is C17H24N2O3S. The van der Waals surface area contributed by atoms with Gasteiger partial charge >= 0.3 is 0 Å². The van der Waals surface area contributed by atoms with E-state index in [4.69, 9.17) is 9.47 Å². The van der Waals surface area contributed by atoms with E-state index in [9.17, 15) is 4.79 Å². The van der Waals surface area contributed by atoms with Gasteiger partial charge in [0.05, 0.1) is 25.6 Å². The average molecular weight is 336 g/mol. The van der Waals surface area contributed by atoms with Gasteiger partial charge < -0.3 is 14.4 Å². The van der Waals surface area contributed by atoms with Gasteiger partial charge in [0, 0.05) is 31.7 Å². The topological polar surface area (TPSA) is 42.0 Å². The van der Waals surface area contributed by atoms with Gasteiger partial charge in [0.25, 0.3) is 0 Å². The Hall–Kier alpha value is -1.24. The van der Waals surface area contributed by atoms with Crippen LogP contribution in [0.1, 0.15) is 17.9 Å². The van der Waals surface area contributed by atoms with Crippen molar-refractivity contribution in [2.45, 2.75) is 12.3 Å². The summed E-state index contributed by atoms with van der Waals surface area (Å²) in [5.41, 5.74) is 1.10. The van der Waals surface area contributed by atoms with Gasteiger partial charge in [-0.2, -0.15) is 0 Å². The summed E-state index contributed by atoms with van der Waals surface area (Å²) >= 11 is 1.69. The maximum atomic E-state index is 12.3. The number of hydrogen-bond acceptors (Lipinski definition) is 5. The molecule has 3 rings (SSSR count). The third-order valence-corrected chi connectivity index (χ3v) is 5.45. The van der Waals surface area contributed by atoms with E-state index < -0.39 is 0 Å². The van der Waals surface area contributed by atoms with Crippen molar-refractivity contribution in [2.24, 2.45) is 0 Å². The highest BCUT2D eigenvalue weighted by Gasteiger charge is 2.34.